The van der Waals surface area contributed by atoms with E-state index in [9.17, 15) is 4.79 Å². The fourth-order valence-electron chi connectivity index (χ4n) is 3.85. The van der Waals surface area contributed by atoms with Crippen LogP contribution in [0.2, 0.25) is 0 Å². The van der Waals surface area contributed by atoms with Crippen LogP contribution in [0.15, 0.2) is 30.6 Å². The minimum absolute atomic E-state index is 0. The number of amides is 1. The molecule has 29 heavy (non-hydrogen) atoms. The van der Waals surface area contributed by atoms with Crippen LogP contribution in [-0.4, -0.2) is 43.7 Å². The lowest BCUT2D eigenvalue weighted by atomic mass is 9.83. The predicted octanol–water partition coefficient (Wildman–Crippen LogP) is 3.37. The average Bonchev–Trinajstić information content (AvgIpc) is 3.15. The molecule has 1 saturated heterocycles. The third-order valence-corrected chi connectivity index (χ3v) is 6.47. The third kappa shape index (κ3) is 5.61. The van der Waals surface area contributed by atoms with Crippen molar-refractivity contribution in [3.05, 3.63) is 45.9 Å². The summed E-state index contributed by atoms with van der Waals surface area (Å²) < 4.78 is 6.20. The molecule has 6 nitrogen and oxygen atoms in total. The van der Waals surface area contributed by atoms with Crippen molar-refractivity contribution in [2.75, 3.05) is 38.1 Å². The van der Waals surface area contributed by atoms with Gasteiger partial charge in [0.2, 0.25) is 0 Å². The van der Waals surface area contributed by atoms with Crippen LogP contribution in [0.25, 0.3) is 0 Å². The van der Waals surface area contributed by atoms with E-state index in [-0.39, 0.29) is 36.3 Å². The van der Waals surface area contributed by atoms with Gasteiger partial charge in [0.1, 0.15) is 0 Å². The molecule has 0 atom stereocenters. The number of thiophene rings is 1. The van der Waals surface area contributed by atoms with Crippen LogP contribution in [0.3, 0.4) is 0 Å². The van der Waals surface area contributed by atoms with Crippen LogP contribution in [-0.2, 0) is 16.8 Å². The summed E-state index contributed by atoms with van der Waals surface area (Å²) in [5.41, 5.74) is 2.08. The Morgan fingerprint density at radius 3 is 2.86 bits per heavy atom. The van der Waals surface area contributed by atoms with E-state index in [4.69, 9.17) is 4.74 Å². The lowest BCUT2D eigenvalue weighted by Gasteiger charge is -2.40. The molecule has 1 amide bonds. The van der Waals surface area contributed by atoms with E-state index in [1.807, 2.05) is 12.1 Å². The Morgan fingerprint density at radius 1 is 1.28 bits per heavy atom. The van der Waals surface area contributed by atoms with Crippen LogP contribution in [0.4, 0.5) is 5.69 Å². The van der Waals surface area contributed by atoms with Crippen molar-refractivity contribution in [3.8, 4) is 0 Å². The van der Waals surface area contributed by atoms with Gasteiger partial charge >= 0.3 is 0 Å². The number of pyridine rings is 1. The number of halogens is 2. The second kappa shape index (κ2) is 11.1. The van der Waals surface area contributed by atoms with Crippen LogP contribution in [0, 0.1) is 0 Å². The summed E-state index contributed by atoms with van der Waals surface area (Å²) >= 11 is 1.64. The smallest absolute Gasteiger partial charge is 0.261 e. The van der Waals surface area contributed by atoms with Crippen molar-refractivity contribution in [3.63, 3.8) is 0 Å². The fourth-order valence-corrected chi connectivity index (χ4v) is 5.00. The van der Waals surface area contributed by atoms with Gasteiger partial charge in [-0.15, -0.1) is 36.2 Å². The lowest BCUT2D eigenvalue weighted by Crippen LogP contribution is -2.44. The van der Waals surface area contributed by atoms with E-state index in [2.05, 4.69) is 27.0 Å². The molecule has 1 spiro atoms. The highest BCUT2D eigenvalue weighted by molar-refractivity contribution is 7.14. The summed E-state index contributed by atoms with van der Waals surface area (Å²) in [5, 5.41) is 9.75. The Balaban J connectivity index is 0.00000150. The van der Waals surface area contributed by atoms with Crippen LogP contribution < -0.4 is 16.0 Å². The zero-order chi connectivity index (χ0) is 18.5. The topological polar surface area (TPSA) is 75.3 Å². The van der Waals surface area contributed by atoms with E-state index < -0.39 is 0 Å². The van der Waals surface area contributed by atoms with Gasteiger partial charge in [-0.2, -0.15) is 0 Å². The van der Waals surface area contributed by atoms with E-state index in [1.165, 1.54) is 10.4 Å². The van der Waals surface area contributed by atoms with Gasteiger partial charge in [-0.3, -0.25) is 9.78 Å². The zero-order valence-corrected chi connectivity index (χ0v) is 18.7. The molecular weight excluding hydrogens is 431 g/mol. The summed E-state index contributed by atoms with van der Waals surface area (Å²) in [6.45, 7) is 4.16. The summed E-state index contributed by atoms with van der Waals surface area (Å²) in [6, 6.07) is 5.97. The molecule has 160 valence electrons. The predicted molar refractivity (Wildman–Crippen MR) is 122 cm³/mol. The van der Waals surface area contributed by atoms with E-state index in [0.717, 1.165) is 62.5 Å². The van der Waals surface area contributed by atoms with Gasteiger partial charge in [-0.25, -0.2) is 0 Å². The second-order valence-corrected chi connectivity index (χ2v) is 8.20. The molecule has 4 heterocycles. The number of piperidine rings is 1. The molecule has 0 unspecified atom stereocenters. The third-order valence-electron chi connectivity index (χ3n) is 5.27. The Hall–Kier alpha value is -1.38. The zero-order valence-electron chi connectivity index (χ0n) is 16.2. The summed E-state index contributed by atoms with van der Waals surface area (Å²) in [5.74, 6) is 0.0277. The van der Waals surface area contributed by atoms with E-state index >= 15 is 0 Å². The van der Waals surface area contributed by atoms with Gasteiger partial charge in [0.05, 0.1) is 22.8 Å². The summed E-state index contributed by atoms with van der Waals surface area (Å²) in [6.07, 6.45) is 7.30. The maximum Gasteiger partial charge on any atom is 0.261 e. The molecule has 1 fully saturated rings. The van der Waals surface area contributed by atoms with Crippen LogP contribution in [0.5, 0.6) is 0 Å². The number of carbonyl (C=O) groups is 1. The quantitative estimate of drug-likeness (QED) is 0.578. The highest BCUT2D eigenvalue weighted by Gasteiger charge is 2.40. The first-order valence-corrected chi connectivity index (χ1v) is 10.5. The maximum absolute atomic E-state index is 12.6. The van der Waals surface area contributed by atoms with Crippen molar-refractivity contribution in [1.29, 1.82) is 0 Å². The van der Waals surface area contributed by atoms with Crippen molar-refractivity contribution < 1.29 is 9.53 Å². The molecule has 2 aromatic heterocycles. The largest absolute Gasteiger partial charge is 0.384 e. The second-order valence-electron chi connectivity index (χ2n) is 7.07. The number of nitrogens with one attached hydrogen (secondary N) is 3. The standard InChI is InChI=1S/C20H26N4O2S.2ClH/c25-19(24-9-2-8-23-15-3-1-7-22-14-15)18-13-16-17(27-18)4-12-26-20(16)5-10-21-11-6-20;;/h1,3,7,13-14,21,23H,2,4-6,8-12H2,(H,24,25);2*1H. The van der Waals surface area contributed by atoms with E-state index in [1.54, 1.807) is 23.7 Å². The summed E-state index contributed by atoms with van der Waals surface area (Å²) in [7, 11) is 0. The first kappa shape index (κ1) is 23.9. The number of fused-ring (bicyclic) bond motifs is 2. The molecule has 2 aliphatic rings. The van der Waals surface area contributed by atoms with Crippen molar-refractivity contribution in [2.24, 2.45) is 0 Å². The minimum atomic E-state index is -0.179. The SMILES string of the molecule is Cl.Cl.O=C(NCCCNc1cccnc1)c1cc2c(s1)CCOC21CCNCC1. The molecule has 2 aromatic rings. The van der Waals surface area contributed by atoms with Gasteiger partial charge in [0, 0.05) is 36.8 Å². The van der Waals surface area contributed by atoms with Gasteiger partial charge in [0.15, 0.2) is 0 Å². The molecule has 2 aliphatic heterocycles. The molecular formula is C20H28Cl2N4O2S. The molecule has 0 bridgehead atoms. The van der Waals surface area contributed by atoms with Gasteiger partial charge in [-0.1, -0.05) is 0 Å². The number of carbonyl (C=O) groups excluding carboxylic acids is 1. The molecule has 9 heteroatoms. The normalized spacial score (nSPS) is 16.8. The van der Waals surface area contributed by atoms with E-state index in [0.29, 0.717) is 6.54 Å². The number of nitrogens with zero attached hydrogens (tertiary/aromatic N) is 1. The van der Waals surface area contributed by atoms with Crippen molar-refractivity contribution in [2.45, 2.75) is 31.3 Å². The lowest BCUT2D eigenvalue weighted by molar-refractivity contribution is -0.0792. The average molecular weight is 459 g/mol. The van der Waals surface area contributed by atoms with Gasteiger partial charge in [0.25, 0.3) is 5.91 Å². The van der Waals surface area contributed by atoms with Crippen molar-refractivity contribution >= 4 is 47.7 Å². The molecule has 0 saturated carbocycles. The Labute approximate surface area is 188 Å². The minimum Gasteiger partial charge on any atom is -0.384 e. The number of hydrogen-bond donors (Lipinski definition) is 3. The number of rotatable bonds is 6. The monoisotopic (exact) mass is 458 g/mol. The highest BCUT2D eigenvalue weighted by atomic mass is 35.5. The molecule has 0 aliphatic carbocycles. The molecule has 3 N–H and O–H groups in total. The van der Waals surface area contributed by atoms with Gasteiger partial charge in [-0.05, 0) is 56.1 Å². The fraction of sp³-hybridized carbons (Fsp3) is 0.500. The Kier molecular flexibility index (Phi) is 9.17. The number of aromatic nitrogens is 1. The van der Waals surface area contributed by atoms with Crippen LogP contribution >= 0.6 is 36.2 Å². The molecule has 4 rings (SSSR count). The van der Waals surface area contributed by atoms with Gasteiger partial charge < -0.3 is 20.7 Å². The Morgan fingerprint density at radius 2 is 2.10 bits per heavy atom. The van der Waals surface area contributed by atoms with Crippen molar-refractivity contribution in [1.82, 2.24) is 15.6 Å². The summed E-state index contributed by atoms with van der Waals surface area (Å²) in [4.78, 5) is 18.8. The first-order chi connectivity index (χ1) is 13.3. The number of hydrogen-bond acceptors (Lipinski definition) is 6. The number of anilines is 1. The Bertz CT molecular complexity index is 782. The maximum atomic E-state index is 12.6. The highest BCUT2D eigenvalue weighted by Crippen LogP contribution is 2.43. The molecule has 0 radical (unpaired) electrons. The first-order valence-electron chi connectivity index (χ1n) is 9.67. The number of ether oxygens (including phenoxy) is 1. The molecule has 0 aromatic carbocycles. The van der Waals surface area contributed by atoms with Crippen LogP contribution in [0.1, 0.15) is 39.4 Å².